The minimum Gasteiger partial charge on any atom is -0.411 e. The Morgan fingerprint density at radius 3 is 2.82 bits per heavy atom. The maximum absolute atomic E-state index is 8.26. The Balaban J connectivity index is 3.08. The van der Waals surface area contributed by atoms with Gasteiger partial charge in [0.25, 0.3) is 0 Å². The quantitative estimate of drug-likeness (QED) is 0.272. The van der Waals surface area contributed by atoms with Crippen molar-refractivity contribution in [3.8, 4) is 0 Å². The number of hydrogen-bond donors (Lipinski definition) is 1. The second-order valence-electron chi connectivity index (χ2n) is 2.56. The van der Waals surface area contributed by atoms with Gasteiger partial charge >= 0.3 is 0 Å². The van der Waals surface area contributed by atoms with E-state index in [4.69, 9.17) is 5.21 Å². The Bertz CT molecular complexity index is 261. The summed E-state index contributed by atoms with van der Waals surface area (Å²) in [6.07, 6.45) is 5.29. The van der Waals surface area contributed by atoms with Crippen LogP contribution in [0.5, 0.6) is 0 Å². The van der Waals surface area contributed by atoms with Crippen LogP contribution >= 0.6 is 0 Å². The molecule has 0 saturated heterocycles. The molecule has 58 valence electrons. The highest BCUT2D eigenvalue weighted by atomic mass is 16.4. The summed E-state index contributed by atoms with van der Waals surface area (Å²) in [5.41, 5.74) is 2.04. The molecular weight excluding hydrogens is 140 g/mol. The zero-order chi connectivity index (χ0) is 8.27. The van der Waals surface area contributed by atoms with Crippen LogP contribution in [-0.2, 0) is 7.05 Å². The Morgan fingerprint density at radius 2 is 2.27 bits per heavy atom. The first-order valence-corrected chi connectivity index (χ1v) is 3.37. The van der Waals surface area contributed by atoms with Crippen LogP contribution in [-0.4, -0.2) is 11.4 Å². The van der Waals surface area contributed by atoms with E-state index in [1.165, 1.54) is 6.21 Å². The molecule has 0 spiro atoms. The van der Waals surface area contributed by atoms with Gasteiger partial charge in [-0.3, -0.25) is 0 Å². The summed E-state index contributed by atoms with van der Waals surface area (Å²) < 4.78 is 1.92. The molecule has 0 aliphatic heterocycles. The van der Waals surface area contributed by atoms with Crippen molar-refractivity contribution in [2.45, 2.75) is 6.92 Å². The first-order valence-electron chi connectivity index (χ1n) is 3.37. The summed E-state index contributed by atoms with van der Waals surface area (Å²) in [5, 5.41) is 11.2. The van der Waals surface area contributed by atoms with Crippen LogP contribution < -0.4 is 4.57 Å². The second kappa shape index (κ2) is 3.14. The van der Waals surface area contributed by atoms with E-state index in [9.17, 15) is 0 Å². The lowest BCUT2D eigenvalue weighted by atomic mass is 10.2. The summed E-state index contributed by atoms with van der Waals surface area (Å²) in [4.78, 5) is 0. The van der Waals surface area contributed by atoms with Gasteiger partial charge in [-0.25, -0.2) is 4.57 Å². The molecule has 0 aliphatic carbocycles. The molecule has 1 aromatic heterocycles. The van der Waals surface area contributed by atoms with Crippen molar-refractivity contribution in [3.05, 3.63) is 29.6 Å². The van der Waals surface area contributed by atoms with Crippen LogP contribution in [0, 0.1) is 6.92 Å². The van der Waals surface area contributed by atoms with Crippen LogP contribution in [0.4, 0.5) is 0 Å². The van der Waals surface area contributed by atoms with E-state index in [2.05, 4.69) is 5.16 Å². The first kappa shape index (κ1) is 7.72. The fraction of sp³-hybridized carbons (Fsp3) is 0.250. The second-order valence-corrected chi connectivity index (χ2v) is 2.56. The topological polar surface area (TPSA) is 36.5 Å². The van der Waals surface area contributed by atoms with Crippen molar-refractivity contribution < 1.29 is 9.77 Å². The third-order valence-corrected chi connectivity index (χ3v) is 1.36. The number of aromatic nitrogens is 1. The molecule has 0 amide bonds. The Labute approximate surface area is 65.6 Å². The monoisotopic (exact) mass is 151 g/mol. The maximum Gasteiger partial charge on any atom is 0.177 e. The Kier molecular flexibility index (Phi) is 2.21. The average molecular weight is 151 g/mol. The third kappa shape index (κ3) is 2.04. The molecule has 3 heteroatoms. The summed E-state index contributed by atoms with van der Waals surface area (Å²) in [7, 11) is 1.93. The highest BCUT2D eigenvalue weighted by molar-refractivity contribution is 5.78. The van der Waals surface area contributed by atoms with Gasteiger partial charge in [0.1, 0.15) is 7.05 Å². The van der Waals surface area contributed by atoms with E-state index in [1.54, 1.807) is 0 Å². The fourth-order valence-electron chi connectivity index (χ4n) is 1.07. The molecule has 0 unspecified atom stereocenters. The van der Waals surface area contributed by atoms with Gasteiger partial charge in [-0.05, 0) is 13.0 Å². The highest BCUT2D eigenvalue weighted by Crippen LogP contribution is 1.95. The van der Waals surface area contributed by atoms with Gasteiger partial charge < -0.3 is 5.21 Å². The molecule has 1 rings (SSSR count). The van der Waals surface area contributed by atoms with Crippen molar-refractivity contribution >= 4 is 6.21 Å². The lowest BCUT2D eigenvalue weighted by Crippen LogP contribution is -2.27. The molecule has 0 atom stereocenters. The lowest BCUT2D eigenvalue weighted by molar-refractivity contribution is -0.671. The number of hydrogen-bond acceptors (Lipinski definition) is 2. The third-order valence-electron chi connectivity index (χ3n) is 1.36. The van der Waals surface area contributed by atoms with Crippen molar-refractivity contribution in [1.29, 1.82) is 0 Å². The molecule has 1 aromatic rings. The highest BCUT2D eigenvalue weighted by Gasteiger charge is 1.97. The molecule has 11 heavy (non-hydrogen) atoms. The molecule has 0 aliphatic rings. The summed E-state index contributed by atoms with van der Waals surface area (Å²) >= 11 is 0. The smallest absolute Gasteiger partial charge is 0.177 e. The number of oxime groups is 1. The largest absolute Gasteiger partial charge is 0.411 e. The van der Waals surface area contributed by atoms with E-state index in [-0.39, 0.29) is 0 Å². The number of nitrogens with zero attached hydrogens (tertiary/aromatic N) is 2. The van der Waals surface area contributed by atoms with Crippen LogP contribution in [0.3, 0.4) is 0 Å². The van der Waals surface area contributed by atoms with Gasteiger partial charge in [0.15, 0.2) is 12.4 Å². The zero-order valence-corrected chi connectivity index (χ0v) is 6.65. The van der Waals surface area contributed by atoms with Crippen molar-refractivity contribution in [2.24, 2.45) is 12.2 Å². The van der Waals surface area contributed by atoms with Gasteiger partial charge in [-0.15, -0.1) is 0 Å². The molecule has 0 saturated carbocycles. The van der Waals surface area contributed by atoms with E-state index >= 15 is 0 Å². The van der Waals surface area contributed by atoms with Crippen LogP contribution in [0.2, 0.25) is 0 Å². The van der Waals surface area contributed by atoms with Crippen LogP contribution in [0.15, 0.2) is 23.6 Å². The first-order chi connectivity index (χ1) is 5.22. The molecule has 0 radical (unpaired) electrons. The number of rotatable bonds is 1. The molecule has 0 aromatic carbocycles. The van der Waals surface area contributed by atoms with Crippen molar-refractivity contribution in [3.63, 3.8) is 0 Å². The number of pyridine rings is 1. The van der Waals surface area contributed by atoms with E-state index in [0.29, 0.717) is 0 Å². The lowest BCUT2D eigenvalue weighted by Gasteiger charge is -1.92. The Morgan fingerprint density at radius 1 is 1.55 bits per heavy atom. The van der Waals surface area contributed by atoms with Gasteiger partial charge in [-0.2, -0.15) is 0 Å². The SMILES string of the molecule is Cc1cc(C=NO)c[n+](C)c1. The summed E-state index contributed by atoms with van der Waals surface area (Å²) in [5.74, 6) is 0. The van der Waals surface area contributed by atoms with Gasteiger partial charge in [-0.1, -0.05) is 5.16 Å². The minimum atomic E-state index is 0.898. The molecule has 0 fully saturated rings. The van der Waals surface area contributed by atoms with Gasteiger partial charge in [0.2, 0.25) is 0 Å². The molecule has 0 bridgehead atoms. The zero-order valence-electron chi connectivity index (χ0n) is 6.65. The fourth-order valence-corrected chi connectivity index (χ4v) is 1.07. The van der Waals surface area contributed by atoms with Crippen LogP contribution in [0.25, 0.3) is 0 Å². The molecular formula is C8H11N2O+. The maximum atomic E-state index is 8.26. The number of aryl methyl sites for hydroxylation is 2. The van der Waals surface area contributed by atoms with Gasteiger partial charge in [0.05, 0.1) is 11.8 Å². The predicted octanol–water partition coefficient (Wildman–Crippen LogP) is 0.628. The van der Waals surface area contributed by atoms with E-state index in [0.717, 1.165) is 11.1 Å². The Hall–Kier alpha value is -1.38. The molecule has 1 N–H and O–H groups in total. The molecule has 1 heterocycles. The van der Waals surface area contributed by atoms with Crippen molar-refractivity contribution in [1.82, 2.24) is 0 Å². The van der Waals surface area contributed by atoms with Gasteiger partial charge in [0, 0.05) is 5.56 Å². The average Bonchev–Trinajstić information content (AvgIpc) is 1.85. The predicted molar refractivity (Wildman–Crippen MR) is 41.7 cm³/mol. The van der Waals surface area contributed by atoms with Crippen LogP contribution in [0.1, 0.15) is 11.1 Å². The minimum absolute atomic E-state index is 0.898. The van der Waals surface area contributed by atoms with E-state index in [1.807, 2.05) is 37.0 Å². The van der Waals surface area contributed by atoms with E-state index < -0.39 is 0 Å². The van der Waals surface area contributed by atoms with Crippen molar-refractivity contribution in [2.75, 3.05) is 0 Å². The molecule has 3 nitrogen and oxygen atoms in total. The normalized spacial score (nSPS) is 10.7. The summed E-state index contributed by atoms with van der Waals surface area (Å²) in [6, 6.07) is 1.94. The summed E-state index contributed by atoms with van der Waals surface area (Å²) in [6.45, 7) is 1.99. The standard InChI is InChI=1S/C8H10N2O/c1-7-3-8(4-9-11)6-10(2)5-7/h3-6H,1-2H3/p+1.